The monoisotopic (exact) mass is 352 g/mol. The van der Waals surface area contributed by atoms with Crippen LogP contribution in [0.3, 0.4) is 0 Å². The van der Waals surface area contributed by atoms with Crippen LogP contribution in [0, 0.1) is 5.41 Å². The fourth-order valence-corrected chi connectivity index (χ4v) is 3.67. The Morgan fingerprint density at radius 1 is 1.52 bits per heavy atom. The van der Waals surface area contributed by atoms with Gasteiger partial charge in [0.2, 0.25) is 5.91 Å². The van der Waals surface area contributed by atoms with E-state index >= 15 is 0 Å². The van der Waals surface area contributed by atoms with Crippen molar-refractivity contribution in [3.8, 4) is 5.75 Å². The third kappa shape index (κ3) is 3.09. The molecule has 114 valence electrons. The normalized spacial score (nSPS) is 24.3. The van der Waals surface area contributed by atoms with Gasteiger partial charge in [-0.2, -0.15) is 0 Å². The molecule has 0 saturated carbocycles. The van der Waals surface area contributed by atoms with Gasteiger partial charge in [-0.15, -0.1) is 0 Å². The molecule has 4 nitrogen and oxygen atoms in total. The average Bonchev–Trinajstić information content (AvgIpc) is 2.93. The summed E-state index contributed by atoms with van der Waals surface area (Å²) in [6.07, 6.45) is 2.94. The molecule has 1 fully saturated rings. The molecule has 0 aromatic heterocycles. The molecule has 0 spiro atoms. The first kappa shape index (κ1) is 14.9. The summed E-state index contributed by atoms with van der Waals surface area (Å²) in [5.41, 5.74) is 1.98. The third-order valence-corrected chi connectivity index (χ3v) is 4.87. The zero-order valence-corrected chi connectivity index (χ0v) is 13.9. The molecule has 2 N–H and O–H groups in total. The molecule has 2 aliphatic heterocycles. The second kappa shape index (κ2) is 5.97. The number of halogens is 1. The van der Waals surface area contributed by atoms with Gasteiger partial charge in [0.05, 0.1) is 12.0 Å². The number of carbonyl (C=O) groups excluding carboxylic acids is 1. The van der Waals surface area contributed by atoms with Crippen LogP contribution in [0.5, 0.6) is 5.75 Å². The Labute approximate surface area is 133 Å². The van der Waals surface area contributed by atoms with Gasteiger partial charge in [-0.25, -0.2) is 0 Å². The lowest BCUT2D eigenvalue weighted by Gasteiger charge is -2.32. The minimum atomic E-state index is -0.297. The molecule has 2 aliphatic rings. The first-order valence-electron chi connectivity index (χ1n) is 7.52. The number of amides is 1. The number of fused-ring (bicyclic) bond motifs is 1. The van der Waals surface area contributed by atoms with Crippen molar-refractivity contribution in [1.29, 1.82) is 0 Å². The van der Waals surface area contributed by atoms with E-state index in [9.17, 15) is 4.79 Å². The topological polar surface area (TPSA) is 50.4 Å². The second-order valence-corrected chi connectivity index (χ2v) is 7.09. The van der Waals surface area contributed by atoms with Gasteiger partial charge in [0, 0.05) is 29.5 Å². The number of hydrogen-bond donors (Lipinski definition) is 2. The number of benzene rings is 1. The summed E-state index contributed by atoms with van der Waals surface area (Å²) in [6, 6.07) is 4.13. The van der Waals surface area contributed by atoms with Crippen molar-refractivity contribution in [2.24, 2.45) is 5.41 Å². The highest BCUT2D eigenvalue weighted by atomic mass is 79.9. The molecule has 1 atom stereocenters. The van der Waals surface area contributed by atoms with E-state index in [1.165, 1.54) is 5.56 Å². The molecular weight excluding hydrogens is 332 g/mol. The van der Waals surface area contributed by atoms with Crippen molar-refractivity contribution in [2.75, 3.05) is 19.7 Å². The van der Waals surface area contributed by atoms with Crippen molar-refractivity contribution < 1.29 is 9.53 Å². The molecule has 1 aromatic rings. The van der Waals surface area contributed by atoms with Gasteiger partial charge in [-0.05, 0) is 44.0 Å². The Morgan fingerprint density at radius 2 is 2.38 bits per heavy atom. The van der Waals surface area contributed by atoms with Crippen LogP contribution in [-0.2, 0) is 17.8 Å². The Hall–Kier alpha value is -1.07. The Morgan fingerprint density at radius 3 is 3.14 bits per heavy atom. The predicted molar refractivity (Wildman–Crippen MR) is 85.4 cm³/mol. The van der Waals surface area contributed by atoms with Crippen molar-refractivity contribution in [2.45, 2.75) is 32.7 Å². The van der Waals surface area contributed by atoms with Crippen LogP contribution in [0.4, 0.5) is 0 Å². The van der Waals surface area contributed by atoms with Crippen LogP contribution in [0.15, 0.2) is 16.6 Å². The van der Waals surface area contributed by atoms with Gasteiger partial charge < -0.3 is 15.4 Å². The second-order valence-electron chi connectivity index (χ2n) is 6.18. The van der Waals surface area contributed by atoms with Crippen molar-refractivity contribution in [3.63, 3.8) is 0 Å². The van der Waals surface area contributed by atoms with Gasteiger partial charge in [0.1, 0.15) is 5.75 Å². The van der Waals surface area contributed by atoms with Gasteiger partial charge in [0.25, 0.3) is 0 Å². The predicted octanol–water partition coefficient (Wildman–Crippen LogP) is 2.39. The zero-order valence-electron chi connectivity index (χ0n) is 12.3. The molecule has 1 aromatic carbocycles. The maximum absolute atomic E-state index is 12.5. The van der Waals surface area contributed by atoms with E-state index in [1.54, 1.807) is 0 Å². The maximum Gasteiger partial charge on any atom is 0.227 e. The smallest absolute Gasteiger partial charge is 0.227 e. The van der Waals surface area contributed by atoms with E-state index in [2.05, 4.69) is 32.6 Å². The van der Waals surface area contributed by atoms with Gasteiger partial charge in [0.15, 0.2) is 0 Å². The van der Waals surface area contributed by atoms with E-state index < -0.39 is 0 Å². The third-order valence-electron chi connectivity index (χ3n) is 4.41. The highest BCUT2D eigenvalue weighted by Crippen LogP contribution is 2.33. The summed E-state index contributed by atoms with van der Waals surface area (Å²) in [4.78, 5) is 12.5. The molecule has 1 saturated heterocycles. The highest BCUT2D eigenvalue weighted by Gasteiger charge is 2.34. The standard InChI is InChI=1S/C16H21BrN2O2/c1-16(4-2-5-18-10-16)15(20)19-9-12-8-13(17)7-11-3-6-21-14(11)12/h7-8,18H,2-6,9-10H2,1H3,(H,19,20). The van der Waals surface area contributed by atoms with Gasteiger partial charge >= 0.3 is 0 Å². The minimum Gasteiger partial charge on any atom is -0.493 e. The maximum atomic E-state index is 12.5. The van der Waals surface area contributed by atoms with E-state index in [0.717, 1.165) is 54.7 Å². The molecule has 5 heteroatoms. The van der Waals surface area contributed by atoms with Crippen LogP contribution in [0.25, 0.3) is 0 Å². The van der Waals surface area contributed by atoms with Crippen LogP contribution in [0.1, 0.15) is 30.9 Å². The van der Waals surface area contributed by atoms with E-state index in [1.807, 2.05) is 13.0 Å². The molecule has 0 aliphatic carbocycles. The molecule has 1 unspecified atom stereocenters. The summed E-state index contributed by atoms with van der Waals surface area (Å²) in [5, 5.41) is 6.40. The molecule has 3 rings (SSSR count). The largest absolute Gasteiger partial charge is 0.493 e. The lowest BCUT2D eigenvalue weighted by molar-refractivity contribution is -0.131. The Balaban J connectivity index is 1.69. The fraction of sp³-hybridized carbons (Fsp3) is 0.562. The molecule has 0 radical (unpaired) electrons. The van der Waals surface area contributed by atoms with Crippen molar-refractivity contribution in [1.82, 2.24) is 10.6 Å². The van der Waals surface area contributed by atoms with Gasteiger partial charge in [-0.1, -0.05) is 15.9 Å². The van der Waals surface area contributed by atoms with Crippen LogP contribution < -0.4 is 15.4 Å². The number of nitrogens with one attached hydrogen (secondary N) is 2. The molecule has 0 bridgehead atoms. The summed E-state index contributed by atoms with van der Waals surface area (Å²) in [6.45, 7) is 5.06. The molecule has 21 heavy (non-hydrogen) atoms. The zero-order chi connectivity index (χ0) is 14.9. The van der Waals surface area contributed by atoms with Crippen LogP contribution in [-0.4, -0.2) is 25.6 Å². The number of carbonyl (C=O) groups is 1. The molecule has 1 amide bonds. The number of hydrogen-bond acceptors (Lipinski definition) is 3. The number of piperidine rings is 1. The summed E-state index contributed by atoms with van der Waals surface area (Å²) < 4.78 is 6.75. The lowest BCUT2D eigenvalue weighted by atomic mass is 9.82. The quantitative estimate of drug-likeness (QED) is 0.877. The SMILES string of the molecule is CC1(C(=O)NCc2cc(Br)cc3c2OCC3)CCCNC1. The van der Waals surface area contributed by atoms with Crippen molar-refractivity contribution >= 4 is 21.8 Å². The Bertz CT molecular complexity index is 553. The number of ether oxygens (including phenoxy) is 1. The molecular formula is C16H21BrN2O2. The number of rotatable bonds is 3. The molecule has 2 heterocycles. The van der Waals surface area contributed by atoms with E-state index in [0.29, 0.717) is 6.54 Å². The summed E-state index contributed by atoms with van der Waals surface area (Å²) in [5.74, 6) is 1.08. The summed E-state index contributed by atoms with van der Waals surface area (Å²) in [7, 11) is 0. The van der Waals surface area contributed by atoms with Crippen LogP contribution >= 0.6 is 15.9 Å². The van der Waals surface area contributed by atoms with Gasteiger partial charge in [-0.3, -0.25) is 4.79 Å². The first-order valence-corrected chi connectivity index (χ1v) is 8.31. The minimum absolute atomic E-state index is 0.126. The highest BCUT2D eigenvalue weighted by molar-refractivity contribution is 9.10. The van der Waals surface area contributed by atoms with Crippen molar-refractivity contribution in [3.05, 3.63) is 27.7 Å². The summed E-state index contributed by atoms with van der Waals surface area (Å²) >= 11 is 3.53. The van der Waals surface area contributed by atoms with Crippen LogP contribution in [0.2, 0.25) is 0 Å². The Kier molecular flexibility index (Phi) is 4.22. The average molecular weight is 353 g/mol. The van der Waals surface area contributed by atoms with E-state index in [4.69, 9.17) is 4.74 Å². The fourth-order valence-electron chi connectivity index (χ4n) is 3.12. The first-order chi connectivity index (χ1) is 10.1. The lowest BCUT2D eigenvalue weighted by Crippen LogP contribution is -2.48. The van der Waals surface area contributed by atoms with E-state index in [-0.39, 0.29) is 11.3 Å².